The Labute approximate surface area is 167 Å². The van der Waals surface area contributed by atoms with Crippen LogP contribution < -0.4 is 4.74 Å². The number of rotatable bonds is 3. The molecule has 0 fully saturated rings. The van der Waals surface area contributed by atoms with E-state index < -0.39 is 4.92 Å². The Morgan fingerprint density at radius 1 is 0.931 bits per heavy atom. The summed E-state index contributed by atoms with van der Waals surface area (Å²) in [6.45, 7) is 4.30. The van der Waals surface area contributed by atoms with Gasteiger partial charge in [-0.2, -0.15) is 0 Å². The smallest absolute Gasteiger partial charge is 0.269 e. The molecule has 3 aromatic rings. The Kier molecular flexibility index (Phi) is 4.47. The fourth-order valence-corrected chi connectivity index (χ4v) is 3.55. The van der Waals surface area contributed by atoms with Crippen molar-refractivity contribution in [3.8, 4) is 17.2 Å². The van der Waals surface area contributed by atoms with Crippen molar-refractivity contribution < 1.29 is 19.9 Å². The molecule has 1 aliphatic rings. The topological polar surface area (TPSA) is 92.8 Å². The highest BCUT2D eigenvalue weighted by molar-refractivity contribution is 6.03. The highest BCUT2D eigenvalue weighted by atomic mass is 16.6. The number of aryl methyl sites for hydroxylation is 2. The molecule has 0 amide bonds. The summed E-state index contributed by atoms with van der Waals surface area (Å²) in [5.74, 6) is 0.150. The van der Waals surface area contributed by atoms with E-state index in [0.717, 1.165) is 33.4 Å². The van der Waals surface area contributed by atoms with Crippen molar-refractivity contribution in [3.05, 3.63) is 92.5 Å². The normalized spacial score (nSPS) is 13.0. The van der Waals surface area contributed by atoms with Gasteiger partial charge in [0.1, 0.15) is 23.9 Å². The Morgan fingerprint density at radius 2 is 1.62 bits per heavy atom. The molecule has 4 rings (SSSR count). The third-order valence-corrected chi connectivity index (χ3v) is 5.21. The van der Waals surface area contributed by atoms with Crippen LogP contribution >= 0.6 is 0 Å². The Bertz CT molecular complexity index is 1160. The van der Waals surface area contributed by atoms with Crippen LogP contribution in [0.5, 0.6) is 17.2 Å². The van der Waals surface area contributed by atoms with Crippen molar-refractivity contribution in [2.75, 3.05) is 6.61 Å². The minimum Gasteiger partial charge on any atom is -0.508 e. The lowest BCUT2D eigenvalue weighted by Gasteiger charge is -2.26. The zero-order valence-corrected chi connectivity index (χ0v) is 16.0. The van der Waals surface area contributed by atoms with E-state index in [1.807, 2.05) is 26.0 Å². The average Bonchev–Trinajstić information content (AvgIpc) is 2.69. The molecule has 0 unspecified atom stereocenters. The largest absolute Gasteiger partial charge is 0.508 e. The summed E-state index contributed by atoms with van der Waals surface area (Å²) >= 11 is 0. The first-order valence-corrected chi connectivity index (χ1v) is 9.10. The van der Waals surface area contributed by atoms with E-state index in [0.29, 0.717) is 11.3 Å². The van der Waals surface area contributed by atoms with Gasteiger partial charge in [0.05, 0.1) is 10.5 Å². The highest BCUT2D eigenvalue weighted by Gasteiger charge is 2.27. The molecule has 146 valence electrons. The van der Waals surface area contributed by atoms with Crippen LogP contribution in [0.15, 0.2) is 54.6 Å². The van der Waals surface area contributed by atoms with E-state index in [4.69, 9.17) is 4.74 Å². The molecule has 0 aromatic heterocycles. The lowest BCUT2D eigenvalue weighted by atomic mass is 9.86. The third kappa shape index (κ3) is 3.29. The van der Waals surface area contributed by atoms with E-state index in [2.05, 4.69) is 6.07 Å². The summed E-state index contributed by atoms with van der Waals surface area (Å²) in [6.07, 6.45) is 0. The maximum absolute atomic E-state index is 11.0. The van der Waals surface area contributed by atoms with E-state index in [9.17, 15) is 20.3 Å². The van der Waals surface area contributed by atoms with Crippen LogP contribution in [0.1, 0.15) is 27.8 Å². The van der Waals surface area contributed by atoms with Crippen molar-refractivity contribution in [1.29, 1.82) is 0 Å². The Morgan fingerprint density at radius 3 is 2.28 bits per heavy atom. The summed E-state index contributed by atoms with van der Waals surface area (Å²) in [4.78, 5) is 10.6. The van der Waals surface area contributed by atoms with Gasteiger partial charge in [-0.15, -0.1) is 0 Å². The molecule has 0 atom stereocenters. The lowest BCUT2D eigenvalue weighted by molar-refractivity contribution is -0.384. The number of hydrogen-bond donors (Lipinski definition) is 2. The molecule has 2 N–H and O–H groups in total. The van der Waals surface area contributed by atoms with Crippen LogP contribution in [0.4, 0.5) is 5.69 Å². The molecule has 6 heteroatoms. The molecular weight excluding hydrogens is 370 g/mol. The van der Waals surface area contributed by atoms with Gasteiger partial charge in [-0.05, 0) is 48.2 Å². The number of nitro groups is 1. The summed E-state index contributed by atoms with van der Waals surface area (Å²) in [5.41, 5.74) is 5.97. The molecule has 0 bridgehead atoms. The van der Waals surface area contributed by atoms with Gasteiger partial charge in [0.15, 0.2) is 0 Å². The van der Waals surface area contributed by atoms with Gasteiger partial charge >= 0.3 is 0 Å². The second-order valence-corrected chi connectivity index (χ2v) is 7.08. The fraction of sp³-hybridized carbons (Fsp3) is 0.130. The number of phenolic OH excluding ortho intramolecular Hbond substituents is 2. The molecule has 1 aliphatic heterocycles. The molecule has 0 spiro atoms. The van der Waals surface area contributed by atoms with E-state index in [1.54, 1.807) is 12.1 Å². The number of aromatic hydroxyl groups is 2. The van der Waals surface area contributed by atoms with Gasteiger partial charge < -0.3 is 14.9 Å². The van der Waals surface area contributed by atoms with Gasteiger partial charge in [0.25, 0.3) is 5.69 Å². The van der Waals surface area contributed by atoms with Gasteiger partial charge in [0, 0.05) is 35.4 Å². The van der Waals surface area contributed by atoms with Crippen molar-refractivity contribution >= 4 is 16.8 Å². The van der Waals surface area contributed by atoms with Crippen LogP contribution in [0.2, 0.25) is 0 Å². The molecule has 6 nitrogen and oxygen atoms in total. The molecule has 0 radical (unpaired) electrons. The van der Waals surface area contributed by atoms with E-state index in [1.165, 1.54) is 24.3 Å². The van der Waals surface area contributed by atoms with Crippen molar-refractivity contribution in [3.63, 3.8) is 0 Å². The second-order valence-electron chi connectivity index (χ2n) is 7.08. The van der Waals surface area contributed by atoms with Crippen LogP contribution in [0.25, 0.3) is 11.1 Å². The lowest BCUT2D eigenvalue weighted by Crippen LogP contribution is -2.12. The maximum Gasteiger partial charge on any atom is 0.269 e. The predicted octanol–water partition coefficient (Wildman–Crippen LogP) is 4.97. The van der Waals surface area contributed by atoms with E-state index >= 15 is 0 Å². The maximum atomic E-state index is 11.0. The number of hydrogen-bond acceptors (Lipinski definition) is 5. The second kappa shape index (κ2) is 6.98. The summed E-state index contributed by atoms with van der Waals surface area (Å²) < 4.78 is 5.85. The predicted molar refractivity (Wildman–Crippen MR) is 110 cm³/mol. The Balaban J connectivity index is 2.00. The molecular formula is C23H19NO5. The summed E-state index contributed by atoms with van der Waals surface area (Å²) in [6, 6.07) is 15.0. The SMILES string of the molecule is Cc1ccc(C2=C(c3ccc([N+](=O)[O-])cc3)c3c(O)cc(O)cc3OC2)cc1C. The van der Waals surface area contributed by atoms with Crippen LogP contribution in [-0.4, -0.2) is 21.7 Å². The monoisotopic (exact) mass is 389 g/mol. The number of ether oxygens (including phenoxy) is 1. The highest BCUT2D eigenvalue weighted by Crippen LogP contribution is 2.47. The minimum absolute atomic E-state index is 0.00992. The first kappa shape index (κ1) is 18.6. The number of non-ortho nitro benzene ring substituents is 1. The van der Waals surface area contributed by atoms with Gasteiger partial charge in [0.2, 0.25) is 0 Å². The van der Waals surface area contributed by atoms with Crippen LogP contribution in [0, 0.1) is 24.0 Å². The van der Waals surface area contributed by atoms with Gasteiger partial charge in [-0.25, -0.2) is 0 Å². The third-order valence-electron chi connectivity index (χ3n) is 5.21. The summed E-state index contributed by atoms with van der Waals surface area (Å²) in [7, 11) is 0. The minimum atomic E-state index is -0.449. The van der Waals surface area contributed by atoms with E-state index in [-0.39, 0.29) is 23.8 Å². The number of benzene rings is 3. The molecule has 0 saturated heterocycles. The molecule has 29 heavy (non-hydrogen) atoms. The van der Waals surface area contributed by atoms with Crippen molar-refractivity contribution in [2.45, 2.75) is 13.8 Å². The number of nitrogens with zero attached hydrogens (tertiary/aromatic N) is 1. The zero-order valence-electron chi connectivity index (χ0n) is 16.0. The number of fused-ring (bicyclic) bond motifs is 1. The first-order chi connectivity index (χ1) is 13.8. The standard InChI is InChI=1S/C23H19NO5/c1-13-3-4-16(9-14(13)2)19-12-29-21-11-18(25)10-20(26)23(21)22(19)15-5-7-17(8-6-15)24(27)28/h3-11,25-26H,12H2,1-2H3. The molecule has 0 saturated carbocycles. The fourth-order valence-electron chi connectivity index (χ4n) is 3.55. The molecule has 0 aliphatic carbocycles. The quantitative estimate of drug-likeness (QED) is 0.487. The number of phenols is 2. The van der Waals surface area contributed by atoms with Crippen LogP contribution in [-0.2, 0) is 0 Å². The van der Waals surface area contributed by atoms with Crippen molar-refractivity contribution in [1.82, 2.24) is 0 Å². The molecule has 3 aromatic carbocycles. The number of nitro benzene ring substituents is 1. The van der Waals surface area contributed by atoms with Gasteiger partial charge in [-0.1, -0.05) is 18.2 Å². The first-order valence-electron chi connectivity index (χ1n) is 9.10. The summed E-state index contributed by atoms with van der Waals surface area (Å²) in [5, 5.41) is 31.5. The molecule has 1 heterocycles. The Hall–Kier alpha value is -3.80. The van der Waals surface area contributed by atoms with Crippen LogP contribution in [0.3, 0.4) is 0 Å². The zero-order chi connectivity index (χ0) is 20.7. The van der Waals surface area contributed by atoms with Gasteiger partial charge in [-0.3, -0.25) is 10.1 Å². The van der Waals surface area contributed by atoms with Crippen molar-refractivity contribution in [2.24, 2.45) is 0 Å². The average molecular weight is 389 g/mol.